The maximum absolute atomic E-state index is 11.7. The first-order valence-electron chi connectivity index (χ1n) is 5.88. The Labute approximate surface area is 121 Å². The summed E-state index contributed by atoms with van der Waals surface area (Å²) >= 11 is 2.77. The van der Waals surface area contributed by atoms with Gasteiger partial charge in [0.15, 0.2) is 10.8 Å². The Hall–Kier alpha value is -1.08. The molecule has 1 N–H and O–H groups in total. The van der Waals surface area contributed by atoms with Crippen LogP contribution < -0.4 is 5.32 Å². The van der Waals surface area contributed by atoms with E-state index in [0.29, 0.717) is 17.5 Å². The van der Waals surface area contributed by atoms with Gasteiger partial charge < -0.3 is 10.1 Å². The van der Waals surface area contributed by atoms with Gasteiger partial charge in [-0.15, -0.1) is 23.1 Å². The van der Waals surface area contributed by atoms with Crippen molar-refractivity contribution in [1.29, 1.82) is 0 Å². The van der Waals surface area contributed by atoms with E-state index >= 15 is 0 Å². The number of nitrogens with one attached hydrogen (secondary N) is 1. The summed E-state index contributed by atoms with van der Waals surface area (Å²) in [5.41, 5.74) is 0.227. The molecule has 0 saturated carbocycles. The lowest BCUT2D eigenvalue weighted by Crippen LogP contribution is -2.19. The van der Waals surface area contributed by atoms with Gasteiger partial charge >= 0.3 is 5.97 Å². The number of aromatic nitrogens is 1. The second kappa shape index (κ2) is 6.91. The number of thiazole rings is 1. The van der Waals surface area contributed by atoms with Gasteiger partial charge in [-0.1, -0.05) is 20.8 Å². The van der Waals surface area contributed by atoms with E-state index in [0.717, 1.165) is 0 Å². The van der Waals surface area contributed by atoms with Crippen LogP contribution in [0, 0.1) is 0 Å². The van der Waals surface area contributed by atoms with Crippen molar-refractivity contribution in [1.82, 2.24) is 4.98 Å². The van der Waals surface area contributed by atoms with Crippen molar-refractivity contribution in [3.63, 3.8) is 0 Å². The van der Waals surface area contributed by atoms with Crippen molar-refractivity contribution < 1.29 is 14.3 Å². The molecule has 0 atom stereocenters. The SMILES string of the molecule is CCOC(=O)c1csc(NC(=O)CSC(C)(C)C)n1. The molecule has 0 fully saturated rings. The zero-order valence-electron chi connectivity index (χ0n) is 11.5. The molecular weight excluding hydrogens is 284 g/mol. The number of ether oxygens (including phenoxy) is 1. The highest BCUT2D eigenvalue weighted by Gasteiger charge is 2.16. The normalized spacial score (nSPS) is 11.2. The molecule has 1 aromatic heterocycles. The number of amides is 1. The molecular formula is C12H18N2O3S2. The smallest absolute Gasteiger partial charge is 0.357 e. The Kier molecular flexibility index (Phi) is 5.81. The number of carbonyl (C=O) groups is 2. The Bertz CT molecular complexity index is 452. The molecule has 0 saturated heterocycles. The average Bonchev–Trinajstić information content (AvgIpc) is 2.74. The molecule has 1 amide bonds. The first kappa shape index (κ1) is 16.0. The summed E-state index contributed by atoms with van der Waals surface area (Å²) in [4.78, 5) is 27.1. The number of carbonyl (C=O) groups excluding carboxylic acids is 2. The summed E-state index contributed by atoms with van der Waals surface area (Å²) in [5, 5.41) is 4.66. The number of hydrogen-bond acceptors (Lipinski definition) is 6. The summed E-state index contributed by atoms with van der Waals surface area (Å²) < 4.78 is 4.86. The van der Waals surface area contributed by atoms with Crippen LogP contribution in [-0.4, -0.2) is 34.0 Å². The molecule has 7 heteroatoms. The first-order chi connectivity index (χ1) is 8.81. The number of rotatable bonds is 5. The number of esters is 1. The quantitative estimate of drug-likeness (QED) is 0.847. The van der Waals surface area contributed by atoms with E-state index in [1.807, 2.05) is 20.8 Å². The summed E-state index contributed by atoms with van der Waals surface area (Å²) in [7, 11) is 0. The summed E-state index contributed by atoms with van der Waals surface area (Å²) in [6.07, 6.45) is 0. The molecule has 0 aliphatic rings. The van der Waals surface area contributed by atoms with Gasteiger partial charge in [-0.2, -0.15) is 0 Å². The van der Waals surface area contributed by atoms with Crippen molar-refractivity contribution in [2.75, 3.05) is 17.7 Å². The number of anilines is 1. The molecule has 19 heavy (non-hydrogen) atoms. The lowest BCUT2D eigenvalue weighted by molar-refractivity contribution is -0.113. The highest BCUT2D eigenvalue weighted by molar-refractivity contribution is 8.01. The average molecular weight is 302 g/mol. The molecule has 1 aromatic rings. The molecule has 0 aliphatic heterocycles. The minimum absolute atomic E-state index is 0.0380. The van der Waals surface area contributed by atoms with Crippen LogP contribution in [0.5, 0.6) is 0 Å². The molecule has 0 aromatic carbocycles. The summed E-state index contributed by atoms with van der Waals surface area (Å²) in [6.45, 7) is 8.19. The number of nitrogens with zero attached hydrogens (tertiary/aromatic N) is 1. The van der Waals surface area contributed by atoms with Crippen molar-refractivity contribution in [3.05, 3.63) is 11.1 Å². The van der Waals surface area contributed by atoms with Gasteiger partial charge in [-0.3, -0.25) is 4.79 Å². The van der Waals surface area contributed by atoms with Crippen molar-refractivity contribution in [2.24, 2.45) is 0 Å². The first-order valence-corrected chi connectivity index (χ1v) is 7.75. The van der Waals surface area contributed by atoms with E-state index < -0.39 is 5.97 Å². The Morgan fingerprint density at radius 3 is 2.74 bits per heavy atom. The molecule has 0 bridgehead atoms. The standard InChI is InChI=1S/C12H18N2O3S2/c1-5-17-10(16)8-6-18-11(13-8)14-9(15)7-19-12(2,3)4/h6H,5,7H2,1-4H3,(H,13,14,15). The van der Waals surface area contributed by atoms with Crippen LogP contribution in [0.25, 0.3) is 0 Å². The van der Waals surface area contributed by atoms with Crippen LogP contribution in [0.2, 0.25) is 0 Å². The fourth-order valence-electron chi connectivity index (χ4n) is 1.07. The molecule has 106 valence electrons. The van der Waals surface area contributed by atoms with Crippen LogP contribution in [0.1, 0.15) is 38.2 Å². The maximum atomic E-state index is 11.7. The topological polar surface area (TPSA) is 68.3 Å². The fraction of sp³-hybridized carbons (Fsp3) is 0.583. The Morgan fingerprint density at radius 2 is 2.16 bits per heavy atom. The molecule has 0 aliphatic carbocycles. The van der Waals surface area contributed by atoms with Crippen LogP contribution in [0.3, 0.4) is 0 Å². The Balaban J connectivity index is 2.49. The predicted molar refractivity (Wildman–Crippen MR) is 78.9 cm³/mol. The number of thioether (sulfide) groups is 1. The molecule has 1 heterocycles. The van der Waals surface area contributed by atoms with E-state index in [9.17, 15) is 9.59 Å². The van der Waals surface area contributed by atoms with E-state index in [2.05, 4.69) is 10.3 Å². The molecule has 5 nitrogen and oxygen atoms in total. The zero-order chi connectivity index (χ0) is 14.5. The monoisotopic (exact) mass is 302 g/mol. The van der Waals surface area contributed by atoms with Gasteiger partial charge in [0.2, 0.25) is 5.91 Å². The van der Waals surface area contributed by atoms with Gasteiger partial charge in [-0.05, 0) is 6.92 Å². The highest BCUT2D eigenvalue weighted by atomic mass is 32.2. The van der Waals surface area contributed by atoms with Gasteiger partial charge in [0.1, 0.15) is 0 Å². The third-order valence-corrected chi connectivity index (χ3v) is 3.90. The van der Waals surface area contributed by atoms with Gasteiger partial charge in [-0.25, -0.2) is 9.78 Å². The highest BCUT2D eigenvalue weighted by Crippen LogP contribution is 2.23. The van der Waals surface area contributed by atoms with E-state index in [-0.39, 0.29) is 16.3 Å². The van der Waals surface area contributed by atoms with Crippen molar-refractivity contribution in [3.8, 4) is 0 Å². The van der Waals surface area contributed by atoms with Gasteiger partial charge in [0.05, 0.1) is 12.4 Å². The molecule has 0 spiro atoms. The minimum Gasteiger partial charge on any atom is -0.461 e. The van der Waals surface area contributed by atoms with Gasteiger partial charge in [0.25, 0.3) is 0 Å². The largest absolute Gasteiger partial charge is 0.461 e. The fourth-order valence-corrected chi connectivity index (χ4v) is 2.40. The lowest BCUT2D eigenvalue weighted by Gasteiger charge is -2.16. The predicted octanol–water partition coefficient (Wildman–Crippen LogP) is 2.79. The van der Waals surface area contributed by atoms with E-state index in [4.69, 9.17) is 4.74 Å². The minimum atomic E-state index is -0.469. The van der Waals surface area contributed by atoms with Crippen LogP contribution in [-0.2, 0) is 9.53 Å². The lowest BCUT2D eigenvalue weighted by atomic mass is 10.3. The second-order valence-corrected chi connectivity index (χ2v) is 7.37. The summed E-state index contributed by atoms with van der Waals surface area (Å²) in [5.74, 6) is -0.231. The van der Waals surface area contributed by atoms with Crippen molar-refractivity contribution >= 4 is 40.1 Å². The van der Waals surface area contributed by atoms with Gasteiger partial charge in [0, 0.05) is 10.1 Å². The third-order valence-electron chi connectivity index (χ3n) is 1.87. The molecule has 0 radical (unpaired) electrons. The molecule has 1 rings (SSSR count). The Morgan fingerprint density at radius 1 is 1.47 bits per heavy atom. The van der Waals surface area contributed by atoms with Crippen LogP contribution >= 0.6 is 23.1 Å². The van der Waals surface area contributed by atoms with Crippen LogP contribution in [0.15, 0.2) is 5.38 Å². The molecule has 0 unspecified atom stereocenters. The second-order valence-electron chi connectivity index (χ2n) is 4.71. The third kappa shape index (κ3) is 6.07. The van der Waals surface area contributed by atoms with Crippen molar-refractivity contribution in [2.45, 2.75) is 32.4 Å². The van der Waals surface area contributed by atoms with E-state index in [1.54, 1.807) is 24.1 Å². The zero-order valence-corrected chi connectivity index (χ0v) is 13.1. The maximum Gasteiger partial charge on any atom is 0.357 e. The summed E-state index contributed by atoms with van der Waals surface area (Å²) in [6, 6.07) is 0. The van der Waals surface area contributed by atoms with Crippen LogP contribution in [0.4, 0.5) is 5.13 Å². The van der Waals surface area contributed by atoms with E-state index in [1.165, 1.54) is 11.3 Å². The number of hydrogen-bond donors (Lipinski definition) is 1.